The molecule has 0 saturated heterocycles. The van der Waals surface area contributed by atoms with Crippen molar-refractivity contribution in [1.82, 2.24) is 5.43 Å². The van der Waals surface area contributed by atoms with Crippen molar-refractivity contribution in [3.8, 4) is 5.75 Å². The van der Waals surface area contributed by atoms with Gasteiger partial charge >= 0.3 is 0 Å². The number of benzene rings is 4. The molecule has 0 heterocycles. The molecular weight excluding hydrogens is 420 g/mol. The van der Waals surface area contributed by atoms with Crippen LogP contribution in [0.4, 0.5) is 0 Å². The molecule has 0 spiro atoms. The number of carbonyl (C=O) groups excluding carboxylic acids is 1. The van der Waals surface area contributed by atoms with Crippen molar-refractivity contribution < 1.29 is 9.53 Å². The van der Waals surface area contributed by atoms with Gasteiger partial charge < -0.3 is 4.74 Å². The van der Waals surface area contributed by atoms with Gasteiger partial charge in [-0.25, -0.2) is 5.43 Å². The highest BCUT2D eigenvalue weighted by Gasteiger charge is 2.05. The van der Waals surface area contributed by atoms with Crippen molar-refractivity contribution in [1.29, 1.82) is 0 Å². The molecule has 0 unspecified atom stereocenters. The smallest absolute Gasteiger partial charge is 0.271 e. The molecule has 4 rings (SSSR count). The summed E-state index contributed by atoms with van der Waals surface area (Å²) in [5.74, 6) is 0.493. The van der Waals surface area contributed by atoms with Gasteiger partial charge in [-0.15, -0.1) is 0 Å². The Morgan fingerprint density at radius 1 is 0.875 bits per heavy atom. The van der Waals surface area contributed by atoms with Crippen LogP contribution in [-0.4, -0.2) is 12.1 Å². The van der Waals surface area contributed by atoms with Crippen LogP contribution in [0.2, 0.25) is 0 Å². The van der Waals surface area contributed by atoms with Crippen molar-refractivity contribution in [2.24, 2.45) is 5.10 Å². The van der Waals surface area contributed by atoms with E-state index >= 15 is 0 Å². The van der Waals surface area contributed by atoms with Crippen LogP contribution in [0.3, 0.4) is 0 Å². The van der Waals surface area contributed by atoms with E-state index in [2.05, 4.69) is 22.7 Å². The Morgan fingerprint density at radius 3 is 2.38 bits per heavy atom. The Bertz CT molecular complexity index is 1270. The number of rotatable bonds is 7. The Morgan fingerprint density at radius 2 is 1.59 bits per heavy atom. The van der Waals surface area contributed by atoms with E-state index in [0.717, 1.165) is 22.3 Å². The van der Waals surface area contributed by atoms with Crippen LogP contribution in [0, 0.1) is 0 Å². The van der Waals surface area contributed by atoms with E-state index in [-0.39, 0.29) is 5.91 Å². The Labute approximate surface area is 191 Å². The van der Waals surface area contributed by atoms with Gasteiger partial charge in [-0.2, -0.15) is 5.10 Å². The van der Waals surface area contributed by atoms with E-state index in [1.54, 1.807) is 18.2 Å². The summed E-state index contributed by atoms with van der Waals surface area (Å²) < 4.78 is 5.90. The lowest BCUT2D eigenvalue weighted by Gasteiger charge is -2.08. The van der Waals surface area contributed by atoms with Gasteiger partial charge in [0, 0.05) is 5.56 Å². The van der Waals surface area contributed by atoms with E-state index in [4.69, 9.17) is 16.3 Å². The Hall–Kier alpha value is -3.89. The maximum Gasteiger partial charge on any atom is 0.271 e. The molecule has 158 valence electrons. The van der Waals surface area contributed by atoms with Crippen LogP contribution in [0.5, 0.6) is 5.75 Å². The summed E-state index contributed by atoms with van der Waals surface area (Å²) in [4.78, 5) is 12.3. The molecule has 0 atom stereocenters. The predicted octanol–water partition coefficient (Wildman–Crippen LogP) is 6.41. The van der Waals surface area contributed by atoms with Gasteiger partial charge in [-0.05, 0) is 52.2 Å². The second kappa shape index (κ2) is 10.4. The second-order valence-corrected chi connectivity index (χ2v) is 7.57. The van der Waals surface area contributed by atoms with Gasteiger partial charge in [0.15, 0.2) is 0 Å². The number of hydrazone groups is 1. The molecule has 0 aliphatic heterocycles. The fraction of sp³-hybridized carbons (Fsp3) is 0.0370. The minimum Gasteiger partial charge on any atom is -0.489 e. The van der Waals surface area contributed by atoms with E-state index in [9.17, 15) is 4.79 Å². The first-order valence-electron chi connectivity index (χ1n) is 10.1. The molecule has 0 saturated carbocycles. The number of fused-ring (bicyclic) bond motifs is 1. The largest absolute Gasteiger partial charge is 0.489 e. The number of nitrogens with one attached hydrogen (secondary N) is 1. The molecule has 0 aliphatic carbocycles. The minimum atomic E-state index is -0.313. The van der Waals surface area contributed by atoms with Crippen LogP contribution in [0.15, 0.2) is 107 Å². The van der Waals surface area contributed by atoms with Crippen molar-refractivity contribution in [3.63, 3.8) is 0 Å². The predicted molar refractivity (Wildman–Crippen MR) is 131 cm³/mol. The molecule has 1 amide bonds. The minimum absolute atomic E-state index is 0.313. The molecule has 32 heavy (non-hydrogen) atoms. The topological polar surface area (TPSA) is 50.7 Å². The highest BCUT2D eigenvalue weighted by Crippen LogP contribution is 2.21. The fourth-order valence-electron chi connectivity index (χ4n) is 3.14. The monoisotopic (exact) mass is 440 g/mol. The summed E-state index contributed by atoms with van der Waals surface area (Å²) in [5.41, 5.74) is 4.90. The zero-order chi connectivity index (χ0) is 22.2. The zero-order valence-corrected chi connectivity index (χ0v) is 18.0. The van der Waals surface area contributed by atoms with Crippen molar-refractivity contribution >= 4 is 40.6 Å². The number of ether oxygens (including phenoxy) is 1. The first kappa shape index (κ1) is 21.3. The van der Waals surface area contributed by atoms with E-state index < -0.39 is 0 Å². The quantitative estimate of drug-likeness (QED) is 0.266. The first-order chi connectivity index (χ1) is 15.7. The average Bonchev–Trinajstić information content (AvgIpc) is 2.83. The lowest BCUT2D eigenvalue weighted by atomic mass is 10.1. The van der Waals surface area contributed by atoms with Crippen LogP contribution < -0.4 is 10.2 Å². The first-order valence-corrected chi connectivity index (χ1v) is 10.5. The lowest BCUT2D eigenvalue weighted by Crippen LogP contribution is -2.17. The number of halogens is 1. The molecule has 0 radical (unpaired) electrons. The van der Waals surface area contributed by atoms with Gasteiger partial charge in [-0.3, -0.25) is 4.79 Å². The zero-order valence-electron chi connectivity index (χ0n) is 17.2. The van der Waals surface area contributed by atoms with Crippen molar-refractivity contribution in [2.45, 2.75) is 6.61 Å². The molecule has 0 aliphatic rings. The standard InChI is InChI=1S/C27H21ClN2O2/c28-25(16-20-6-2-1-3-7-20)18-29-30-27(31)23-12-10-21(11-13-23)19-32-26-15-14-22-8-4-5-9-24(22)17-26/h1-18H,19H2,(H,30,31). The summed E-state index contributed by atoms with van der Waals surface area (Å²) >= 11 is 6.13. The molecule has 4 aromatic carbocycles. The van der Waals surface area contributed by atoms with Crippen LogP contribution in [-0.2, 0) is 6.61 Å². The van der Waals surface area contributed by atoms with Crippen molar-refractivity contribution in [2.75, 3.05) is 0 Å². The average molecular weight is 441 g/mol. The molecule has 0 aromatic heterocycles. The molecule has 5 heteroatoms. The summed E-state index contributed by atoms with van der Waals surface area (Å²) in [6.45, 7) is 0.415. The third-order valence-corrected chi connectivity index (χ3v) is 5.01. The van der Waals surface area contributed by atoms with Gasteiger partial charge in [0.05, 0.1) is 11.2 Å². The maximum absolute atomic E-state index is 12.3. The highest BCUT2D eigenvalue weighted by molar-refractivity contribution is 6.41. The normalized spacial score (nSPS) is 11.6. The number of carbonyl (C=O) groups is 1. The molecule has 0 fully saturated rings. The van der Waals surface area contributed by atoms with Gasteiger partial charge in [0.25, 0.3) is 5.91 Å². The highest BCUT2D eigenvalue weighted by atomic mass is 35.5. The third-order valence-electron chi connectivity index (χ3n) is 4.80. The van der Waals surface area contributed by atoms with E-state index in [0.29, 0.717) is 17.2 Å². The number of allylic oxidation sites excluding steroid dienone is 1. The number of hydrogen-bond acceptors (Lipinski definition) is 3. The van der Waals surface area contributed by atoms with Gasteiger partial charge in [-0.1, -0.05) is 84.4 Å². The Balaban J connectivity index is 1.30. The lowest BCUT2D eigenvalue weighted by molar-refractivity contribution is 0.0955. The summed E-state index contributed by atoms with van der Waals surface area (Å²) in [5, 5.41) is 6.64. The fourth-order valence-corrected chi connectivity index (χ4v) is 3.31. The van der Waals surface area contributed by atoms with Gasteiger partial charge in [0.2, 0.25) is 0 Å². The van der Waals surface area contributed by atoms with Crippen LogP contribution in [0.25, 0.3) is 16.8 Å². The maximum atomic E-state index is 12.3. The molecular formula is C27H21ClN2O2. The van der Waals surface area contributed by atoms with Gasteiger partial charge in [0.1, 0.15) is 12.4 Å². The van der Waals surface area contributed by atoms with Crippen molar-refractivity contribution in [3.05, 3.63) is 119 Å². The molecule has 1 N–H and O–H groups in total. The summed E-state index contributed by atoms with van der Waals surface area (Å²) in [6, 6.07) is 31.0. The SMILES string of the molecule is O=C(NN=CC(Cl)=Cc1ccccc1)c1ccc(COc2ccc3ccccc3c2)cc1. The molecule has 0 bridgehead atoms. The third kappa shape index (κ3) is 5.84. The second-order valence-electron chi connectivity index (χ2n) is 7.13. The number of hydrogen-bond donors (Lipinski definition) is 1. The van der Waals surface area contributed by atoms with Crippen LogP contribution >= 0.6 is 11.6 Å². The van der Waals surface area contributed by atoms with E-state index in [1.807, 2.05) is 72.8 Å². The summed E-state index contributed by atoms with van der Waals surface area (Å²) in [7, 11) is 0. The van der Waals surface area contributed by atoms with E-state index in [1.165, 1.54) is 11.6 Å². The molecule has 4 nitrogen and oxygen atoms in total. The number of nitrogens with zero attached hydrogens (tertiary/aromatic N) is 1. The Kier molecular flexibility index (Phi) is 6.95. The van der Waals surface area contributed by atoms with Crippen LogP contribution in [0.1, 0.15) is 21.5 Å². The number of amides is 1. The molecule has 4 aromatic rings. The summed E-state index contributed by atoms with van der Waals surface area (Å²) in [6.07, 6.45) is 3.17.